The van der Waals surface area contributed by atoms with Gasteiger partial charge in [-0.25, -0.2) is 8.42 Å². The van der Waals surface area contributed by atoms with E-state index in [1.165, 1.54) is 31.4 Å². The van der Waals surface area contributed by atoms with Gasteiger partial charge in [-0.05, 0) is 54.6 Å². The fourth-order valence-corrected chi connectivity index (χ4v) is 4.75. The fourth-order valence-electron chi connectivity index (χ4n) is 3.06. The third-order valence-electron chi connectivity index (χ3n) is 4.79. The number of ether oxygens (including phenoxy) is 3. The lowest BCUT2D eigenvalue weighted by Gasteiger charge is -2.24. The lowest BCUT2D eigenvalue weighted by Crippen LogP contribution is -2.41. The topological polar surface area (TPSA) is 94.2 Å². The normalized spacial score (nSPS) is 10.9. The third kappa shape index (κ3) is 6.33. The molecule has 180 valence electrons. The Labute approximate surface area is 204 Å². The van der Waals surface area contributed by atoms with Gasteiger partial charge in [-0.3, -0.25) is 9.10 Å². The number of amides is 1. The Balaban J connectivity index is 1.70. The molecule has 0 atom stereocenters. The van der Waals surface area contributed by atoms with Crippen molar-refractivity contribution in [1.29, 1.82) is 0 Å². The molecule has 0 heterocycles. The van der Waals surface area contributed by atoms with Crippen molar-refractivity contribution < 1.29 is 27.4 Å². The predicted molar refractivity (Wildman–Crippen MR) is 130 cm³/mol. The quantitative estimate of drug-likeness (QED) is 0.400. The van der Waals surface area contributed by atoms with Crippen LogP contribution in [0, 0.1) is 0 Å². The standard InChI is InChI=1S/C24H25ClN2O6S/c1-31-19-9-11-20(12-10-19)33-15-14-26-24(28)17-27(18-8-13-23(32-2)22(25)16-18)34(29,30)21-6-4-3-5-7-21/h3-13,16H,14-15,17H2,1-2H3,(H,26,28). The molecule has 3 rings (SSSR count). The Kier molecular flexibility index (Phi) is 8.61. The molecular weight excluding hydrogens is 480 g/mol. The van der Waals surface area contributed by atoms with Crippen LogP contribution >= 0.6 is 11.6 Å². The highest BCUT2D eigenvalue weighted by molar-refractivity contribution is 7.92. The number of nitrogens with one attached hydrogen (secondary N) is 1. The number of nitrogens with zero attached hydrogens (tertiary/aromatic N) is 1. The summed E-state index contributed by atoms with van der Waals surface area (Å²) in [5, 5.41) is 2.91. The van der Waals surface area contributed by atoms with Gasteiger partial charge in [0.15, 0.2) is 0 Å². The summed E-state index contributed by atoms with van der Waals surface area (Å²) in [5.74, 6) is 1.22. The highest BCUT2D eigenvalue weighted by atomic mass is 35.5. The second-order valence-corrected chi connectivity index (χ2v) is 9.29. The van der Waals surface area contributed by atoms with Crippen LogP contribution in [-0.4, -0.2) is 48.2 Å². The average molecular weight is 505 g/mol. The zero-order valence-corrected chi connectivity index (χ0v) is 20.3. The summed E-state index contributed by atoms with van der Waals surface area (Å²) in [4.78, 5) is 12.7. The van der Waals surface area contributed by atoms with E-state index >= 15 is 0 Å². The SMILES string of the molecule is COc1ccc(OCCNC(=O)CN(c2ccc(OC)c(Cl)c2)S(=O)(=O)c2ccccc2)cc1. The van der Waals surface area contributed by atoms with E-state index < -0.39 is 22.5 Å². The maximum Gasteiger partial charge on any atom is 0.264 e. The van der Waals surface area contributed by atoms with Crippen molar-refractivity contribution in [2.24, 2.45) is 0 Å². The molecular formula is C24H25ClN2O6S. The van der Waals surface area contributed by atoms with E-state index in [1.54, 1.807) is 55.6 Å². The van der Waals surface area contributed by atoms with Crippen LogP contribution in [0.15, 0.2) is 77.7 Å². The molecule has 1 N–H and O–H groups in total. The highest BCUT2D eigenvalue weighted by Gasteiger charge is 2.27. The van der Waals surface area contributed by atoms with Gasteiger partial charge < -0.3 is 19.5 Å². The van der Waals surface area contributed by atoms with E-state index in [0.717, 1.165) is 4.31 Å². The van der Waals surface area contributed by atoms with Crippen molar-refractivity contribution in [3.05, 3.63) is 77.8 Å². The molecule has 0 aliphatic carbocycles. The first-order valence-electron chi connectivity index (χ1n) is 10.3. The van der Waals surface area contributed by atoms with E-state index in [4.69, 9.17) is 25.8 Å². The maximum absolute atomic E-state index is 13.3. The minimum Gasteiger partial charge on any atom is -0.497 e. The van der Waals surface area contributed by atoms with Crippen molar-refractivity contribution in [2.75, 3.05) is 38.2 Å². The Bertz CT molecular complexity index is 1200. The summed E-state index contributed by atoms with van der Waals surface area (Å²) in [6.45, 7) is -0.0479. The number of carbonyl (C=O) groups excluding carboxylic acids is 1. The number of rotatable bonds is 11. The van der Waals surface area contributed by atoms with Crippen LogP contribution in [0.25, 0.3) is 0 Å². The Morgan fingerprint density at radius 1 is 0.941 bits per heavy atom. The number of anilines is 1. The molecule has 34 heavy (non-hydrogen) atoms. The molecule has 3 aromatic carbocycles. The van der Waals surface area contributed by atoms with Gasteiger partial charge in [-0.2, -0.15) is 0 Å². The van der Waals surface area contributed by atoms with Gasteiger partial charge in [0.2, 0.25) is 5.91 Å². The second-order valence-electron chi connectivity index (χ2n) is 7.02. The van der Waals surface area contributed by atoms with Gasteiger partial charge in [-0.15, -0.1) is 0 Å². The van der Waals surface area contributed by atoms with Crippen LogP contribution in [0.2, 0.25) is 5.02 Å². The highest BCUT2D eigenvalue weighted by Crippen LogP contribution is 2.31. The minimum absolute atomic E-state index is 0.0533. The molecule has 0 aliphatic heterocycles. The summed E-state index contributed by atoms with van der Waals surface area (Å²) >= 11 is 6.21. The molecule has 0 unspecified atom stereocenters. The van der Waals surface area contributed by atoms with E-state index in [-0.39, 0.29) is 28.8 Å². The van der Waals surface area contributed by atoms with Crippen LogP contribution in [0.1, 0.15) is 0 Å². The van der Waals surface area contributed by atoms with E-state index in [9.17, 15) is 13.2 Å². The van der Waals surface area contributed by atoms with Crippen LogP contribution < -0.4 is 23.8 Å². The molecule has 0 fully saturated rings. The summed E-state index contributed by atoms with van der Waals surface area (Å²) in [6.07, 6.45) is 0. The molecule has 0 bridgehead atoms. The van der Waals surface area contributed by atoms with Crippen molar-refractivity contribution in [1.82, 2.24) is 5.32 Å². The van der Waals surface area contributed by atoms with E-state index in [0.29, 0.717) is 17.2 Å². The van der Waals surface area contributed by atoms with Crippen molar-refractivity contribution in [2.45, 2.75) is 4.90 Å². The van der Waals surface area contributed by atoms with Crippen molar-refractivity contribution in [3.63, 3.8) is 0 Å². The van der Waals surface area contributed by atoms with Gasteiger partial charge in [0.25, 0.3) is 10.0 Å². The minimum atomic E-state index is -4.04. The molecule has 0 spiro atoms. The number of methoxy groups -OCH3 is 2. The van der Waals surface area contributed by atoms with Crippen molar-refractivity contribution >= 4 is 33.2 Å². The van der Waals surface area contributed by atoms with Gasteiger partial charge in [0.05, 0.1) is 36.4 Å². The first-order valence-corrected chi connectivity index (χ1v) is 12.1. The Morgan fingerprint density at radius 2 is 1.62 bits per heavy atom. The molecule has 0 saturated heterocycles. The predicted octanol–water partition coefficient (Wildman–Crippen LogP) is 3.75. The first kappa shape index (κ1) is 25.2. The lowest BCUT2D eigenvalue weighted by atomic mass is 10.3. The van der Waals surface area contributed by atoms with Crippen molar-refractivity contribution in [3.8, 4) is 17.2 Å². The van der Waals surface area contributed by atoms with Gasteiger partial charge in [0, 0.05) is 0 Å². The summed E-state index contributed by atoms with van der Waals surface area (Å²) < 4.78 is 43.5. The van der Waals surface area contributed by atoms with Crippen LogP contribution in [0.3, 0.4) is 0 Å². The number of hydrogen-bond donors (Lipinski definition) is 1. The van der Waals surface area contributed by atoms with Crippen LogP contribution in [-0.2, 0) is 14.8 Å². The lowest BCUT2D eigenvalue weighted by molar-refractivity contribution is -0.119. The van der Waals surface area contributed by atoms with Gasteiger partial charge >= 0.3 is 0 Å². The molecule has 10 heteroatoms. The molecule has 0 radical (unpaired) electrons. The molecule has 0 aromatic heterocycles. The van der Waals surface area contributed by atoms with E-state index in [1.807, 2.05) is 0 Å². The smallest absolute Gasteiger partial charge is 0.264 e. The monoisotopic (exact) mass is 504 g/mol. The van der Waals surface area contributed by atoms with Crippen LogP contribution in [0.4, 0.5) is 5.69 Å². The van der Waals surface area contributed by atoms with Gasteiger partial charge in [-0.1, -0.05) is 29.8 Å². The Hall–Kier alpha value is -3.43. The molecule has 1 amide bonds. The number of benzene rings is 3. The molecule has 0 aliphatic rings. The molecule has 8 nitrogen and oxygen atoms in total. The largest absolute Gasteiger partial charge is 0.497 e. The second kappa shape index (κ2) is 11.6. The third-order valence-corrected chi connectivity index (χ3v) is 6.88. The summed E-state index contributed by atoms with van der Waals surface area (Å²) in [6, 6.07) is 19.4. The number of sulfonamides is 1. The number of halogens is 1. The maximum atomic E-state index is 13.3. The molecule has 3 aromatic rings. The van der Waals surface area contributed by atoms with Gasteiger partial charge in [0.1, 0.15) is 30.4 Å². The molecule has 0 saturated carbocycles. The average Bonchev–Trinajstić information content (AvgIpc) is 2.86. The zero-order valence-electron chi connectivity index (χ0n) is 18.7. The van der Waals surface area contributed by atoms with Crippen LogP contribution in [0.5, 0.6) is 17.2 Å². The zero-order chi connectivity index (χ0) is 24.6. The number of hydrogen-bond acceptors (Lipinski definition) is 6. The fraction of sp³-hybridized carbons (Fsp3) is 0.208. The van der Waals surface area contributed by atoms with E-state index in [2.05, 4.69) is 5.32 Å². The first-order chi connectivity index (χ1) is 16.3. The Morgan fingerprint density at radius 3 is 2.24 bits per heavy atom. The number of carbonyl (C=O) groups is 1. The summed E-state index contributed by atoms with van der Waals surface area (Å²) in [5.41, 5.74) is 0.235. The summed E-state index contributed by atoms with van der Waals surface area (Å²) in [7, 11) is -1.00.